The molecule has 3 rings (SSSR count). The van der Waals surface area contributed by atoms with Crippen LogP contribution in [0.15, 0.2) is 54.6 Å². The molecule has 0 radical (unpaired) electrons. The number of rotatable bonds is 3. The Kier molecular flexibility index (Phi) is 6.23. The fraction of sp³-hybridized carbons (Fsp3) is 0.333. The molecular formula is C24H24F2. The maximum atomic E-state index is 13.4. The van der Waals surface area contributed by atoms with E-state index in [2.05, 4.69) is 30.9 Å². The Morgan fingerprint density at radius 1 is 0.923 bits per heavy atom. The SMILES string of the molecule is CC/C=C/[C@H]1CC[C@H](C#Cc2ccc(-c3ccc(F)c(F)c3)cc2)CC1. The van der Waals surface area contributed by atoms with Crippen LogP contribution >= 0.6 is 0 Å². The second-order valence-corrected chi connectivity index (χ2v) is 6.92. The molecule has 2 aromatic carbocycles. The van der Waals surface area contributed by atoms with E-state index < -0.39 is 11.6 Å². The third kappa shape index (κ3) is 4.82. The molecule has 0 unspecified atom stereocenters. The Labute approximate surface area is 155 Å². The number of allylic oxidation sites excluding steroid dienone is 2. The summed E-state index contributed by atoms with van der Waals surface area (Å²) in [6.07, 6.45) is 10.5. The van der Waals surface area contributed by atoms with E-state index in [9.17, 15) is 8.78 Å². The number of halogens is 2. The monoisotopic (exact) mass is 350 g/mol. The average molecular weight is 350 g/mol. The van der Waals surface area contributed by atoms with Crippen LogP contribution in [0.3, 0.4) is 0 Å². The number of hydrogen-bond acceptors (Lipinski definition) is 0. The van der Waals surface area contributed by atoms with Crippen LogP contribution in [0.5, 0.6) is 0 Å². The number of hydrogen-bond donors (Lipinski definition) is 0. The van der Waals surface area contributed by atoms with Gasteiger partial charge in [-0.2, -0.15) is 0 Å². The summed E-state index contributed by atoms with van der Waals surface area (Å²) in [5.41, 5.74) is 2.49. The van der Waals surface area contributed by atoms with Crippen LogP contribution in [-0.4, -0.2) is 0 Å². The summed E-state index contributed by atoms with van der Waals surface area (Å²) in [5.74, 6) is 6.23. The minimum atomic E-state index is -0.823. The van der Waals surface area contributed by atoms with Gasteiger partial charge in [0.05, 0.1) is 0 Å². The third-order valence-electron chi connectivity index (χ3n) is 4.97. The van der Waals surface area contributed by atoms with E-state index in [1.165, 1.54) is 31.7 Å². The second-order valence-electron chi connectivity index (χ2n) is 6.92. The van der Waals surface area contributed by atoms with E-state index in [-0.39, 0.29) is 0 Å². The van der Waals surface area contributed by atoms with Crippen LogP contribution in [-0.2, 0) is 0 Å². The quantitative estimate of drug-likeness (QED) is 0.424. The fourth-order valence-corrected chi connectivity index (χ4v) is 3.39. The maximum absolute atomic E-state index is 13.4. The Hall–Kier alpha value is -2.40. The van der Waals surface area contributed by atoms with Gasteiger partial charge in [-0.05, 0) is 73.4 Å². The lowest BCUT2D eigenvalue weighted by atomic mass is 9.82. The molecule has 0 aliphatic heterocycles. The Bertz CT molecular complexity index is 814. The van der Waals surface area contributed by atoms with Crippen LogP contribution in [0.1, 0.15) is 44.6 Å². The van der Waals surface area contributed by atoms with E-state index >= 15 is 0 Å². The predicted octanol–water partition coefficient (Wildman–Crippen LogP) is 6.76. The summed E-state index contributed by atoms with van der Waals surface area (Å²) in [6.45, 7) is 2.17. The van der Waals surface area contributed by atoms with Gasteiger partial charge in [0.15, 0.2) is 11.6 Å². The molecule has 0 amide bonds. The van der Waals surface area contributed by atoms with Crippen molar-refractivity contribution in [3.63, 3.8) is 0 Å². The first-order chi connectivity index (χ1) is 12.7. The van der Waals surface area contributed by atoms with Crippen LogP contribution < -0.4 is 0 Å². The van der Waals surface area contributed by atoms with E-state index in [1.54, 1.807) is 6.07 Å². The Morgan fingerprint density at radius 2 is 1.62 bits per heavy atom. The highest BCUT2D eigenvalue weighted by molar-refractivity contribution is 5.64. The second kappa shape index (κ2) is 8.81. The van der Waals surface area contributed by atoms with Crippen LogP contribution in [0, 0.1) is 35.3 Å². The van der Waals surface area contributed by atoms with Crippen molar-refractivity contribution >= 4 is 0 Å². The first kappa shape index (κ1) is 18.4. The van der Waals surface area contributed by atoms with Crippen molar-refractivity contribution in [2.24, 2.45) is 11.8 Å². The minimum Gasteiger partial charge on any atom is -0.204 e. The molecule has 0 bridgehead atoms. The van der Waals surface area contributed by atoms with Gasteiger partial charge in [-0.15, -0.1) is 0 Å². The lowest BCUT2D eigenvalue weighted by Gasteiger charge is -2.23. The summed E-state index contributed by atoms with van der Waals surface area (Å²) in [5, 5.41) is 0. The molecule has 0 N–H and O–H groups in total. The smallest absolute Gasteiger partial charge is 0.159 e. The van der Waals surface area contributed by atoms with Gasteiger partial charge in [0, 0.05) is 11.5 Å². The zero-order valence-corrected chi connectivity index (χ0v) is 15.1. The predicted molar refractivity (Wildman–Crippen MR) is 104 cm³/mol. The first-order valence-corrected chi connectivity index (χ1v) is 9.39. The zero-order valence-electron chi connectivity index (χ0n) is 15.1. The molecule has 26 heavy (non-hydrogen) atoms. The standard InChI is InChI=1S/C24H24F2/c1-2-3-4-18-5-7-19(8-6-18)9-10-20-11-13-21(14-12-20)22-15-16-23(25)24(26)17-22/h3-4,11-19H,2,5-8H2,1H3/b4-3+/t18-,19-. The number of benzene rings is 2. The van der Waals surface area contributed by atoms with Crippen molar-refractivity contribution in [2.75, 3.05) is 0 Å². The van der Waals surface area contributed by atoms with Crippen molar-refractivity contribution < 1.29 is 8.78 Å². The Balaban J connectivity index is 1.61. The topological polar surface area (TPSA) is 0 Å². The van der Waals surface area contributed by atoms with Gasteiger partial charge < -0.3 is 0 Å². The molecule has 134 valence electrons. The summed E-state index contributed by atoms with van der Waals surface area (Å²) in [4.78, 5) is 0. The van der Waals surface area contributed by atoms with Gasteiger partial charge in [-0.1, -0.05) is 49.1 Å². The average Bonchev–Trinajstić information content (AvgIpc) is 2.68. The highest BCUT2D eigenvalue weighted by Crippen LogP contribution is 2.29. The highest BCUT2D eigenvalue weighted by atomic mass is 19.2. The summed E-state index contributed by atoms with van der Waals surface area (Å²) >= 11 is 0. The fourth-order valence-electron chi connectivity index (χ4n) is 3.39. The molecule has 1 aliphatic carbocycles. The molecule has 0 atom stereocenters. The molecule has 2 aromatic rings. The third-order valence-corrected chi connectivity index (χ3v) is 4.97. The lowest BCUT2D eigenvalue weighted by Crippen LogP contribution is -2.11. The molecule has 1 saturated carbocycles. The molecule has 1 aliphatic rings. The van der Waals surface area contributed by atoms with Crippen LogP contribution in [0.2, 0.25) is 0 Å². The summed E-state index contributed by atoms with van der Waals surface area (Å²) < 4.78 is 26.4. The molecule has 0 saturated heterocycles. The van der Waals surface area contributed by atoms with Gasteiger partial charge >= 0.3 is 0 Å². The minimum absolute atomic E-state index is 0.479. The van der Waals surface area contributed by atoms with Gasteiger partial charge in [0.2, 0.25) is 0 Å². The first-order valence-electron chi connectivity index (χ1n) is 9.39. The van der Waals surface area contributed by atoms with Crippen molar-refractivity contribution in [3.8, 4) is 23.0 Å². The van der Waals surface area contributed by atoms with Gasteiger partial charge in [-0.3, -0.25) is 0 Å². The van der Waals surface area contributed by atoms with E-state index in [0.29, 0.717) is 11.5 Å². The molecule has 0 aromatic heterocycles. The molecule has 1 fully saturated rings. The summed E-state index contributed by atoms with van der Waals surface area (Å²) in [7, 11) is 0. The highest BCUT2D eigenvalue weighted by Gasteiger charge is 2.17. The lowest BCUT2D eigenvalue weighted by molar-refractivity contribution is 0.364. The normalized spacial score (nSPS) is 20.0. The molecule has 0 heterocycles. The largest absolute Gasteiger partial charge is 0.204 e. The Morgan fingerprint density at radius 3 is 2.27 bits per heavy atom. The van der Waals surface area contributed by atoms with Crippen molar-refractivity contribution in [2.45, 2.75) is 39.0 Å². The van der Waals surface area contributed by atoms with Crippen LogP contribution in [0.25, 0.3) is 11.1 Å². The van der Waals surface area contributed by atoms with Crippen LogP contribution in [0.4, 0.5) is 8.78 Å². The summed E-state index contributed by atoms with van der Waals surface area (Å²) in [6, 6.07) is 11.7. The molecule has 0 spiro atoms. The van der Waals surface area contributed by atoms with Crippen molar-refractivity contribution in [1.82, 2.24) is 0 Å². The van der Waals surface area contributed by atoms with E-state index in [1.807, 2.05) is 24.3 Å². The maximum Gasteiger partial charge on any atom is 0.159 e. The molecule has 0 nitrogen and oxygen atoms in total. The van der Waals surface area contributed by atoms with E-state index in [4.69, 9.17) is 0 Å². The van der Waals surface area contributed by atoms with Gasteiger partial charge in [-0.25, -0.2) is 8.78 Å². The van der Waals surface area contributed by atoms with E-state index in [0.717, 1.165) is 29.5 Å². The van der Waals surface area contributed by atoms with Crippen molar-refractivity contribution in [3.05, 3.63) is 71.8 Å². The van der Waals surface area contributed by atoms with Gasteiger partial charge in [0.1, 0.15) is 0 Å². The van der Waals surface area contributed by atoms with Gasteiger partial charge in [0.25, 0.3) is 0 Å². The molecule has 2 heteroatoms. The van der Waals surface area contributed by atoms with Crippen molar-refractivity contribution in [1.29, 1.82) is 0 Å². The molecular weight excluding hydrogens is 326 g/mol. The zero-order chi connectivity index (χ0) is 18.4.